The van der Waals surface area contributed by atoms with E-state index in [0.29, 0.717) is 29.9 Å². The van der Waals surface area contributed by atoms with E-state index in [2.05, 4.69) is 30.9 Å². The second-order valence-corrected chi connectivity index (χ2v) is 10.6. The molecule has 3 aromatic rings. The fraction of sp³-hybridized carbons (Fsp3) is 0.370. The van der Waals surface area contributed by atoms with Crippen LogP contribution in [0, 0.1) is 11.3 Å². The van der Waals surface area contributed by atoms with Crippen LogP contribution in [0.2, 0.25) is 0 Å². The molecule has 0 saturated carbocycles. The number of nitrogens with zero attached hydrogens (tertiary/aromatic N) is 3. The van der Waals surface area contributed by atoms with E-state index in [1.54, 1.807) is 43.8 Å². The molecule has 9 nitrogen and oxygen atoms in total. The van der Waals surface area contributed by atoms with Crippen LogP contribution in [-0.2, 0) is 10.5 Å². The van der Waals surface area contributed by atoms with Crippen LogP contribution in [0.15, 0.2) is 59.2 Å². The Hall–Kier alpha value is -3.70. The molecule has 11 heteroatoms. The second kappa shape index (κ2) is 9.88. The predicted molar refractivity (Wildman–Crippen MR) is 145 cm³/mol. The third-order valence-corrected chi connectivity index (χ3v) is 8.49. The van der Waals surface area contributed by atoms with Gasteiger partial charge in [0.05, 0.1) is 26.8 Å². The first-order valence-corrected chi connectivity index (χ1v) is 13.3. The Bertz CT molecular complexity index is 1430. The largest absolute Gasteiger partial charge is 0.481 e. The standard InChI is InChI=1S/C27H29FN6O3S/c1-3-30-24(37)34-27(21-15-29-12-9-25(21,2)23(35)36)26(28,8-6-11-33-27)17-13-18(19-7-4-5-10-31-19)22-20(14-17)32-16-38-22/h4-8,10-11,13-14,16,21,29H,3,9,12,15H2,1-2H3,(H,35,36)(H2,30,34,37). The molecule has 4 heterocycles. The summed E-state index contributed by atoms with van der Waals surface area (Å²) in [4.78, 5) is 39.2. The van der Waals surface area contributed by atoms with Crippen molar-refractivity contribution in [1.29, 1.82) is 0 Å². The third kappa shape index (κ3) is 4.06. The van der Waals surface area contributed by atoms with E-state index < -0.39 is 34.7 Å². The minimum atomic E-state index is -2.42. The Kier molecular flexibility index (Phi) is 6.74. The quantitative estimate of drug-likeness (QED) is 0.379. The number of benzene rings is 1. The van der Waals surface area contributed by atoms with Crippen molar-refractivity contribution in [3.05, 3.63) is 59.8 Å². The van der Waals surface area contributed by atoms with Crippen LogP contribution in [0.25, 0.3) is 21.5 Å². The number of aliphatic carboxylic acids is 1. The Morgan fingerprint density at radius 3 is 2.87 bits per heavy atom. The molecule has 2 aliphatic heterocycles. The first kappa shape index (κ1) is 25.9. The minimum Gasteiger partial charge on any atom is -0.481 e. The van der Waals surface area contributed by atoms with E-state index in [0.717, 1.165) is 4.70 Å². The van der Waals surface area contributed by atoms with Crippen LogP contribution < -0.4 is 16.0 Å². The van der Waals surface area contributed by atoms with Gasteiger partial charge in [0.2, 0.25) is 0 Å². The van der Waals surface area contributed by atoms with Gasteiger partial charge in [0.15, 0.2) is 11.3 Å². The first-order valence-electron chi connectivity index (χ1n) is 12.5. The number of urea groups is 1. The highest BCUT2D eigenvalue weighted by Gasteiger charge is 2.65. The molecule has 2 aromatic heterocycles. The first-order chi connectivity index (χ1) is 18.2. The lowest BCUT2D eigenvalue weighted by Gasteiger charge is -2.53. The number of piperidine rings is 1. The van der Waals surface area contributed by atoms with Crippen molar-refractivity contribution < 1.29 is 19.1 Å². The van der Waals surface area contributed by atoms with Crippen molar-refractivity contribution in [2.24, 2.45) is 16.3 Å². The third-order valence-electron chi connectivity index (χ3n) is 7.61. The number of nitrogens with one attached hydrogen (secondary N) is 3. The Labute approximate surface area is 223 Å². The molecule has 4 unspecified atom stereocenters. The second-order valence-electron chi connectivity index (χ2n) is 9.77. The number of carboxylic acid groups (broad SMARTS) is 1. The van der Waals surface area contributed by atoms with Gasteiger partial charge < -0.3 is 21.1 Å². The van der Waals surface area contributed by atoms with E-state index in [1.165, 1.54) is 29.7 Å². The zero-order valence-corrected chi connectivity index (χ0v) is 21.9. The number of aliphatic imine (C=N–C) groups is 1. The summed E-state index contributed by atoms with van der Waals surface area (Å²) in [5.74, 6) is -2.02. The Morgan fingerprint density at radius 2 is 2.13 bits per heavy atom. The summed E-state index contributed by atoms with van der Waals surface area (Å²) in [6, 6.07) is 8.20. The van der Waals surface area contributed by atoms with E-state index in [1.807, 2.05) is 12.1 Å². The molecule has 38 heavy (non-hydrogen) atoms. The molecule has 0 aliphatic carbocycles. The van der Waals surface area contributed by atoms with Crippen LogP contribution in [-0.4, -0.2) is 58.6 Å². The zero-order valence-electron chi connectivity index (χ0n) is 21.1. The van der Waals surface area contributed by atoms with E-state index >= 15 is 4.39 Å². The zero-order chi connectivity index (χ0) is 27.0. The van der Waals surface area contributed by atoms with E-state index in [9.17, 15) is 14.7 Å². The summed E-state index contributed by atoms with van der Waals surface area (Å²) in [7, 11) is 0. The van der Waals surface area contributed by atoms with Crippen molar-refractivity contribution in [3.8, 4) is 11.3 Å². The number of carbonyl (C=O) groups is 2. The number of alkyl halides is 1. The number of allylic oxidation sites excluding steroid dienone is 1. The summed E-state index contributed by atoms with van der Waals surface area (Å²) in [5.41, 5.74) is -1.99. The summed E-state index contributed by atoms with van der Waals surface area (Å²) in [6.45, 7) is 4.23. The van der Waals surface area contributed by atoms with Crippen LogP contribution in [0.3, 0.4) is 0 Å². The highest BCUT2D eigenvalue weighted by molar-refractivity contribution is 7.17. The molecule has 2 amide bonds. The van der Waals surface area contributed by atoms with Gasteiger partial charge in [-0.1, -0.05) is 6.07 Å². The van der Waals surface area contributed by atoms with Gasteiger partial charge in [-0.15, -0.1) is 11.3 Å². The van der Waals surface area contributed by atoms with Gasteiger partial charge in [-0.2, -0.15) is 0 Å². The average molecular weight is 537 g/mol. The molecule has 0 spiro atoms. The van der Waals surface area contributed by atoms with E-state index in [-0.39, 0.29) is 18.5 Å². The maximum absolute atomic E-state index is 18.0. The summed E-state index contributed by atoms with van der Waals surface area (Å²) in [6.07, 6.45) is 6.15. The maximum atomic E-state index is 18.0. The topological polar surface area (TPSA) is 129 Å². The predicted octanol–water partition coefficient (Wildman–Crippen LogP) is 3.88. The molecule has 1 saturated heterocycles. The Balaban J connectivity index is 1.77. The van der Waals surface area contributed by atoms with Gasteiger partial charge in [0.1, 0.15) is 0 Å². The van der Waals surface area contributed by atoms with Gasteiger partial charge in [-0.3, -0.25) is 14.8 Å². The number of hydrogen-bond acceptors (Lipinski definition) is 7. The van der Waals surface area contributed by atoms with Crippen LogP contribution in [0.1, 0.15) is 25.8 Å². The number of aromatic nitrogens is 2. The maximum Gasteiger partial charge on any atom is 0.316 e. The van der Waals surface area contributed by atoms with Crippen molar-refractivity contribution in [2.45, 2.75) is 31.6 Å². The van der Waals surface area contributed by atoms with Gasteiger partial charge in [-0.05, 0) is 63.2 Å². The average Bonchev–Trinajstić information content (AvgIpc) is 3.39. The van der Waals surface area contributed by atoms with E-state index in [4.69, 9.17) is 0 Å². The number of carbonyl (C=O) groups excluding carboxylic acids is 1. The molecule has 198 valence electrons. The van der Waals surface area contributed by atoms with Crippen molar-refractivity contribution in [2.75, 3.05) is 19.6 Å². The molecule has 2 aliphatic rings. The van der Waals surface area contributed by atoms with Gasteiger partial charge in [0.25, 0.3) is 0 Å². The van der Waals surface area contributed by atoms with Crippen molar-refractivity contribution >= 4 is 39.8 Å². The number of hydrogen-bond donors (Lipinski definition) is 4. The van der Waals surface area contributed by atoms with Crippen molar-refractivity contribution in [3.63, 3.8) is 0 Å². The molecule has 0 bridgehead atoms. The molecule has 1 fully saturated rings. The summed E-state index contributed by atoms with van der Waals surface area (Å²) < 4.78 is 18.9. The molecule has 4 atom stereocenters. The van der Waals surface area contributed by atoms with Crippen LogP contribution >= 0.6 is 11.3 Å². The number of dihydropyridines is 1. The molecule has 1 aromatic carbocycles. The number of rotatable bonds is 6. The van der Waals surface area contributed by atoms with Gasteiger partial charge in [-0.25, -0.2) is 14.2 Å². The minimum absolute atomic E-state index is 0.137. The number of amides is 2. The molecular formula is C27H29FN6O3S. The summed E-state index contributed by atoms with van der Waals surface area (Å²) >= 11 is 1.42. The lowest BCUT2D eigenvalue weighted by atomic mass is 9.60. The highest BCUT2D eigenvalue weighted by atomic mass is 32.1. The highest BCUT2D eigenvalue weighted by Crippen LogP contribution is 2.53. The number of carboxylic acids is 1. The smallest absolute Gasteiger partial charge is 0.316 e. The van der Waals surface area contributed by atoms with Crippen molar-refractivity contribution in [1.82, 2.24) is 25.9 Å². The number of fused-ring (bicyclic) bond motifs is 1. The molecule has 5 rings (SSSR count). The van der Waals surface area contributed by atoms with Gasteiger partial charge >= 0.3 is 12.0 Å². The monoisotopic (exact) mass is 536 g/mol. The fourth-order valence-corrected chi connectivity index (χ4v) is 6.35. The lowest BCUT2D eigenvalue weighted by molar-refractivity contribution is -0.158. The number of pyridine rings is 1. The fourth-order valence-electron chi connectivity index (χ4n) is 5.56. The normalized spacial score (nSPS) is 28.8. The molecule has 4 N–H and O–H groups in total. The molecular weight excluding hydrogens is 507 g/mol. The number of thiazole rings is 1. The van der Waals surface area contributed by atoms with Gasteiger partial charge in [0, 0.05) is 42.5 Å². The number of halogens is 1. The Morgan fingerprint density at radius 1 is 1.29 bits per heavy atom. The SMILES string of the molecule is CCNC(=O)NC1(C2CNCCC2(C)C(=O)O)N=CC=CC1(F)c1cc(-c2ccccn2)c2scnc2c1. The van der Waals surface area contributed by atoms with Crippen LogP contribution in [0.5, 0.6) is 0 Å². The molecule has 0 radical (unpaired) electrons. The van der Waals surface area contributed by atoms with Crippen LogP contribution in [0.4, 0.5) is 9.18 Å². The lowest BCUT2D eigenvalue weighted by Crippen LogP contribution is -2.71. The summed E-state index contributed by atoms with van der Waals surface area (Å²) in [5, 5.41) is 19.0.